The summed E-state index contributed by atoms with van der Waals surface area (Å²) in [6, 6.07) is 0. The average Bonchev–Trinajstić information content (AvgIpc) is 2.21. The zero-order valence-electron chi connectivity index (χ0n) is 10.3. The number of aliphatic hydroxyl groups is 1. The Kier molecular flexibility index (Phi) is 2.92. The number of fused-ring (bicyclic) bond motifs is 1. The number of carbonyl (C=O) groups is 1. The summed E-state index contributed by atoms with van der Waals surface area (Å²) in [5.41, 5.74) is 1.86. The lowest BCUT2D eigenvalue weighted by atomic mass is 9.68. The maximum atomic E-state index is 11.7. The molecule has 0 bridgehead atoms. The zero-order chi connectivity index (χ0) is 11.9. The van der Waals surface area contributed by atoms with Crippen LogP contribution < -0.4 is 0 Å². The van der Waals surface area contributed by atoms with Gasteiger partial charge in [-0.15, -0.1) is 0 Å². The Balaban J connectivity index is 2.40. The molecule has 0 saturated heterocycles. The van der Waals surface area contributed by atoms with E-state index in [0.717, 1.165) is 24.0 Å². The molecule has 0 amide bonds. The molecular formula is C14H20O2. The first-order chi connectivity index (χ1) is 7.50. The van der Waals surface area contributed by atoms with Crippen molar-refractivity contribution in [2.45, 2.75) is 40.0 Å². The molecule has 0 aromatic heterocycles. The summed E-state index contributed by atoms with van der Waals surface area (Å²) in [5, 5.41) is 9.91. The van der Waals surface area contributed by atoms with Gasteiger partial charge in [0.05, 0.1) is 5.76 Å². The molecule has 0 aliphatic heterocycles. The lowest BCUT2D eigenvalue weighted by Crippen LogP contribution is -2.30. The van der Waals surface area contributed by atoms with Crippen LogP contribution >= 0.6 is 0 Å². The maximum absolute atomic E-state index is 11.7. The highest BCUT2D eigenvalue weighted by Crippen LogP contribution is 2.43. The summed E-state index contributed by atoms with van der Waals surface area (Å²) in [6.45, 7) is 6.34. The fraction of sp³-hybridized carbons (Fsp3) is 0.643. The predicted molar refractivity (Wildman–Crippen MR) is 64.1 cm³/mol. The van der Waals surface area contributed by atoms with Gasteiger partial charge in [-0.05, 0) is 36.3 Å². The summed E-state index contributed by atoms with van der Waals surface area (Å²) in [5.74, 6) is 2.12. The fourth-order valence-corrected chi connectivity index (χ4v) is 2.96. The van der Waals surface area contributed by atoms with E-state index in [-0.39, 0.29) is 5.78 Å². The van der Waals surface area contributed by atoms with Gasteiger partial charge in [-0.25, -0.2) is 0 Å². The van der Waals surface area contributed by atoms with Crippen molar-refractivity contribution in [2.24, 2.45) is 17.8 Å². The monoisotopic (exact) mass is 220 g/mol. The molecule has 1 N–H and O–H groups in total. The van der Waals surface area contributed by atoms with Crippen molar-refractivity contribution in [1.29, 1.82) is 0 Å². The molecule has 2 aliphatic carbocycles. The summed E-state index contributed by atoms with van der Waals surface area (Å²) in [4.78, 5) is 11.7. The molecule has 2 rings (SSSR count). The summed E-state index contributed by atoms with van der Waals surface area (Å²) < 4.78 is 0. The van der Waals surface area contributed by atoms with Gasteiger partial charge in [-0.3, -0.25) is 4.79 Å². The van der Waals surface area contributed by atoms with Gasteiger partial charge in [0.1, 0.15) is 0 Å². The number of ketones is 1. The smallest absolute Gasteiger partial charge is 0.162 e. The van der Waals surface area contributed by atoms with Gasteiger partial charge in [0.2, 0.25) is 0 Å². The normalized spacial score (nSPS) is 30.5. The number of rotatable bonds is 1. The van der Waals surface area contributed by atoms with E-state index in [4.69, 9.17) is 0 Å². The van der Waals surface area contributed by atoms with E-state index < -0.39 is 0 Å². The van der Waals surface area contributed by atoms with Crippen LogP contribution in [0.3, 0.4) is 0 Å². The third kappa shape index (κ3) is 1.81. The molecule has 0 heterocycles. The van der Waals surface area contributed by atoms with E-state index in [1.165, 1.54) is 0 Å². The second-order valence-corrected chi connectivity index (χ2v) is 5.39. The van der Waals surface area contributed by atoms with Crippen LogP contribution in [0.25, 0.3) is 0 Å². The molecule has 2 heteroatoms. The molecule has 0 saturated carbocycles. The first kappa shape index (κ1) is 11.4. The molecule has 2 nitrogen and oxygen atoms in total. The summed E-state index contributed by atoms with van der Waals surface area (Å²) in [6.07, 6.45) is 4.29. The van der Waals surface area contributed by atoms with E-state index in [2.05, 4.69) is 19.9 Å². The minimum Gasteiger partial charge on any atom is -0.512 e. The van der Waals surface area contributed by atoms with Crippen molar-refractivity contribution in [2.75, 3.05) is 0 Å². The van der Waals surface area contributed by atoms with E-state index in [1.807, 2.05) is 6.92 Å². The van der Waals surface area contributed by atoms with Crippen molar-refractivity contribution in [1.82, 2.24) is 0 Å². The Morgan fingerprint density at radius 2 is 2.12 bits per heavy atom. The average molecular weight is 220 g/mol. The lowest BCUT2D eigenvalue weighted by molar-refractivity contribution is -0.115. The Labute approximate surface area is 97.0 Å². The van der Waals surface area contributed by atoms with Crippen LogP contribution in [-0.4, -0.2) is 10.9 Å². The molecule has 1 unspecified atom stereocenters. The quantitative estimate of drug-likeness (QED) is 0.735. The van der Waals surface area contributed by atoms with Crippen molar-refractivity contribution in [3.05, 3.63) is 23.0 Å². The van der Waals surface area contributed by atoms with Crippen molar-refractivity contribution in [3.8, 4) is 0 Å². The van der Waals surface area contributed by atoms with Crippen LogP contribution in [-0.2, 0) is 4.79 Å². The topological polar surface area (TPSA) is 37.3 Å². The summed E-state index contributed by atoms with van der Waals surface area (Å²) >= 11 is 0. The number of allylic oxidation sites excluding steroid dienone is 4. The van der Waals surface area contributed by atoms with Crippen LogP contribution in [0.4, 0.5) is 0 Å². The number of hydrogen-bond donors (Lipinski definition) is 1. The number of hydrogen-bond acceptors (Lipinski definition) is 2. The SMILES string of the molecule is CC1=CC2C(=C(O)CC[C@H]2C(C)C)CC1=O. The fourth-order valence-electron chi connectivity index (χ4n) is 2.96. The van der Waals surface area contributed by atoms with Gasteiger partial charge >= 0.3 is 0 Å². The molecule has 2 aliphatic rings. The van der Waals surface area contributed by atoms with Crippen molar-refractivity contribution < 1.29 is 9.90 Å². The molecule has 0 aromatic carbocycles. The van der Waals surface area contributed by atoms with Gasteiger partial charge in [-0.2, -0.15) is 0 Å². The maximum Gasteiger partial charge on any atom is 0.162 e. The van der Waals surface area contributed by atoms with Gasteiger partial charge in [0, 0.05) is 18.8 Å². The second-order valence-electron chi connectivity index (χ2n) is 5.39. The van der Waals surface area contributed by atoms with Crippen LogP contribution in [0.15, 0.2) is 23.0 Å². The molecule has 0 radical (unpaired) electrons. The van der Waals surface area contributed by atoms with Crippen molar-refractivity contribution in [3.63, 3.8) is 0 Å². The molecule has 0 spiro atoms. The zero-order valence-corrected chi connectivity index (χ0v) is 10.3. The molecule has 0 fully saturated rings. The minimum atomic E-state index is 0.169. The highest BCUT2D eigenvalue weighted by Gasteiger charge is 2.35. The first-order valence-corrected chi connectivity index (χ1v) is 6.13. The Morgan fingerprint density at radius 3 is 2.75 bits per heavy atom. The highest BCUT2D eigenvalue weighted by atomic mass is 16.3. The molecule has 88 valence electrons. The minimum absolute atomic E-state index is 0.169. The van der Waals surface area contributed by atoms with E-state index in [9.17, 15) is 9.90 Å². The lowest BCUT2D eigenvalue weighted by Gasteiger charge is -2.37. The molecular weight excluding hydrogens is 200 g/mol. The number of aliphatic hydroxyl groups excluding tert-OH is 1. The highest BCUT2D eigenvalue weighted by molar-refractivity contribution is 5.97. The largest absolute Gasteiger partial charge is 0.512 e. The third-order valence-electron chi connectivity index (χ3n) is 4.03. The first-order valence-electron chi connectivity index (χ1n) is 6.13. The third-order valence-corrected chi connectivity index (χ3v) is 4.03. The summed E-state index contributed by atoms with van der Waals surface area (Å²) in [7, 11) is 0. The van der Waals surface area contributed by atoms with Crippen LogP contribution in [0.2, 0.25) is 0 Å². The van der Waals surface area contributed by atoms with Gasteiger partial charge < -0.3 is 5.11 Å². The van der Waals surface area contributed by atoms with Gasteiger partial charge in [0.25, 0.3) is 0 Å². The Hall–Kier alpha value is -1.05. The number of carbonyl (C=O) groups excluding carboxylic acids is 1. The van der Waals surface area contributed by atoms with Crippen LogP contribution in [0.5, 0.6) is 0 Å². The molecule has 0 aromatic rings. The van der Waals surface area contributed by atoms with Crippen LogP contribution in [0, 0.1) is 17.8 Å². The van der Waals surface area contributed by atoms with E-state index in [0.29, 0.717) is 29.9 Å². The Bertz CT molecular complexity index is 374. The molecule has 16 heavy (non-hydrogen) atoms. The molecule has 2 atom stereocenters. The van der Waals surface area contributed by atoms with E-state index >= 15 is 0 Å². The van der Waals surface area contributed by atoms with Gasteiger partial charge in [0.15, 0.2) is 5.78 Å². The Morgan fingerprint density at radius 1 is 1.44 bits per heavy atom. The van der Waals surface area contributed by atoms with E-state index in [1.54, 1.807) is 0 Å². The van der Waals surface area contributed by atoms with Crippen molar-refractivity contribution >= 4 is 5.78 Å². The van der Waals surface area contributed by atoms with Gasteiger partial charge in [-0.1, -0.05) is 19.9 Å². The van der Waals surface area contributed by atoms with Crippen LogP contribution in [0.1, 0.15) is 40.0 Å². The standard InChI is InChI=1S/C14H20O2/c1-8(2)10-4-5-13(15)12-7-14(16)9(3)6-11(10)12/h6,8,10-11,15H,4-5,7H2,1-3H3/t10-,11?/m0/s1. The second kappa shape index (κ2) is 4.08. The predicted octanol–water partition coefficient (Wildman–Crippen LogP) is 3.40. The number of Topliss-reactive ketones (excluding diaryl/α,β-unsaturated/α-hetero) is 1.